The summed E-state index contributed by atoms with van der Waals surface area (Å²) >= 11 is 0. The largest absolute Gasteiger partial charge is 0.491 e. The highest BCUT2D eigenvalue weighted by molar-refractivity contribution is 5.92. The highest BCUT2D eigenvalue weighted by atomic mass is 16.5. The van der Waals surface area contributed by atoms with Crippen LogP contribution in [0.1, 0.15) is 71.1 Å². The lowest BCUT2D eigenvalue weighted by Crippen LogP contribution is -2.79. The number of allylic oxidation sites excluding steroid dienone is 2. The van der Waals surface area contributed by atoms with E-state index in [1.807, 2.05) is 13.1 Å². The molecule has 11 nitrogen and oxygen atoms in total. The van der Waals surface area contributed by atoms with Gasteiger partial charge in [0.05, 0.1) is 30.6 Å². The number of carbonyl (C=O) groups excluding carboxylic acids is 2. The Labute approximate surface area is 342 Å². The first-order valence-electron chi connectivity index (χ1n) is 21.5. The Hall–Kier alpha value is -3.74. The van der Waals surface area contributed by atoms with Crippen molar-refractivity contribution in [2.75, 3.05) is 54.0 Å². The molecular weight excluding hydrogens is 733 g/mol. The number of hydrogen-bond acceptors (Lipinski definition) is 10. The summed E-state index contributed by atoms with van der Waals surface area (Å²) in [6.45, 7) is 15.2. The van der Waals surface area contributed by atoms with Crippen molar-refractivity contribution in [1.82, 2.24) is 19.7 Å². The summed E-state index contributed by atoms with van der Waals surface area (Å²) in [7, 11) is 5.18. The van der Waals surface area contributed by atoms with Crippen molar-refractivity contribution in [2.45, 2.75) is 107 Å². The minimum atomic E-state index is -1.91. The molecule has 9 rings (SSSR count). The maximum atomic E-state index is 15.4. The van der Waals surface area contributed by atoms with E-state index < -0.39 is 51.6 Å². The molecule has 11 heteroatoms. The molecule has 6 heterocycles. The van der Waals surface area contributed by atoms with Gasteiger partial charge in [0.15, 0.2) is 11.4 Å². The molecular formula is C47H62N4O7. The number of H-pyrrole nitrogens is 1. The molecule has 3 saturated heterocycles. The topological polar surface area (TPSA) is 128 Å². The van der Waals surface area contributed by atoms with Crippen LogP contribution in [0.3, 0.4) is 0 Å². The number of methoxy groups -OCH3 is 2. The van der Waals surface area contributed by atoms with Gasteiger partial charge in [0.1, 0.15) is 11.5 Å². The lowest BCUT2D eigenvalue weighted by atomic mass is 9.46. The summed E-state index contributed by atoms with van der Waals surface area (Å²) in [5.41, 5.74) is -0.606. The lowest BCUT2D eigenvalue weighted by molar-refractivity contribution is -0.224. The number of nitrogens with zero attached hydrogens (tertiary/aromatic N) is 3. The predicted octanol–water partition coefficient (Wildman–Crippen LogP) is 5.04. The van der Waals surface area contributed by atoms with Crippen molar-refractivity contribution in [3.8, 4) is 0 Å². The first-order valence-corrected chi connectivity index (χ1v) is 21.5. The molecule has 0 amide bonds. The molecule has 1 spiro atoms. The number of esters is 1. The zero-order chi connectivity index (χ0) is 41.2. The van der Waals surface area contributed by atoms with Crippen LogP contribution in [-0.2, 0) is 35.6 Å². The van der Waals surface area contributed by atoms with Crippen LogP contribution in [0.4, 0.5) is 0 Å². The summed E-state index contributed by atoms with van der Waals surface area (Å²) in [4.78, 5) is 40.6. The zero-order valence-electron chi connectivity index (χ0n) is 35.3. The van der Waals surface area contributed by atoms with Gasteiger partial charge in [-0.15, -0.1) is 0 Å². The van der Waals surface area contributed by atoms with Crippen LogP contribution in [0.25, 0.3) is 10.9 Å². The van der Waals surface area contributed by atoms with Gasteiger partial charge in [-0.1, -0.05) is 56.9 Å². The third kappa shape index (κ3) is 5.09. The number of piperidine rings is 1. The van der Waals surface area contributed by atoms with Crippen LogP contribution < -0.4 is 0 Å². The molecule has 58 heavy (non-hydrogen) atoms. The Morgan fingerprint density at radius 1 is 1.03 bits per heavy atom. The highest BCUT2D eigenvalue weighted by Crippen LogP contribution is 2.70. The summed E-state index contributed by atoms with van der Waals surface area (Å²) in [5, 5.41) is 26.5. The summed E-state index contributed by atoms with van der Waals surface area (Å²) in [6.07, 6.45) is 11.1. The molecule has 4 fully saturated rings. The Kier molecular flexibility index (Phi) is 9.34. The fraction of sp³-hybridized carbons (Fsp3) is 0.617. The quantitative estimate of drug-likeness (QED) is 0.190. The van der Waals surface area contributed by atoms with Crippen LogP contribution in [0.5, 0.6) is 0 Å². The van der Waals surface area contributed by atoms with Crippen LogP contribution in [0.15, 0.2) is 72.2 Å². The molecule has 7 aliphatic rings. The number of nitrogens with one attached hydrogen (secondary N) is 1. The first-order chi connectivity index (χ1) is 27.7. The fourth-order valence-corrected chi connectivity index (χ4v) is 14.0. The molecule has 1 aromatic carbocycles. The van der Waals surface area contributed by atoms with Crippen LogP contribution in [0, 0.1) is 22.7 Å². The Morgan fingerprint density at radius 2 is 1.81 bits per heavy atom. The predicted molar refractivity (Wildman–Crippen MR) is 222 cm³/mol. The molecule has 6 unspecified atom stereocenters. The summed E-state index contributed by atoms with van der Waals surface area (Å²) in [6, 6.07) is 7.51. The van der Waals surface area contributed by atoms with Gasteiger partial charge in [-0.3, -0.25) is 19.4 Å². The van der Waals surface area contributed by atoms with Gasteiger partial charge < -0.3 is 34.3 Å². The van der Waals surface area contributed by atoms with Crippen molar-refractivity contribution in [3.63, 3.8) is 0 Å². The van der Waals surface area contributed by atoms with E-state index in [1.165, 1.54) is 14.0 Å². The second-order valence-corrected chi connectivity index (χ2v) is 18.8. The molecule has 12 atom stereocenters. The van der Waals surface area contributed by atoms with Gasteiger partial charge in [-0.2, -0.15) is 0 Å². The van der Waals surface area contributed by atoms with Gasteiger partial charge in [-0.05, 0) is 88.1 Å². The molecule has 312 valence electrons. The third-order valence-corrected chi connectivity index (χ3v) is 16.1. The van der Waals surface area contributed by atoms with E-state index in [9.17, 15) is 15.0 Å². The SMILES string of the molecule is C=C(C)O[C@H]1C(O)(C(C)=O)[C@@H]2N(C)C3=CC(OC)C([C@@]4(C(=O)OC)CC5CN(CCc6c4[nH]c4ccccc64)C[C@](O)(CC)C5)C=C3C23CCN2CC=C[C@]1(CC)[C@H]23. The number of rotatable bonds is 8. The third-order valence-electron chi connectivity index (χ3n) is 16.1. The standard InChI is InChI=1S/C47H62N4O7/c1-9-43(54)24-30-25-46(42(53)57-8,38-32(16-20-50(26-30)27-43)31-14-11-12-15-35(31)48-38)34-22-33-36(23-37(34)56-7)49(6)40-45(33)18-21-51-19-13-17-44(10-2,39(45)51)41(58-28(3)4)47(40,55)29(5)52/h11-15,17,22-23,30,34,37,39-41,48,54-55H,3,9-10,16,18-21,24-27H2,1-2,4-8H3/t30?,34?,37?,39-,40+,41+,43-,44+,45?,46-,47?/m0/s1. The number of benzene rings is 1. The van der Waals surface area contributed by atoms with Crippen molar-refractivity contribution in [3.05, 3.63) is 83.4 Å². The normalized spacial score (nSPS) is 41.5. The van der Waals surface area contributed by atoms with Crippen molar-refractivity contribution in [1.29, 1.82) is 0 Å². The Balaban J connectivity index is 1.33. The lowest BCUT2D eigenvalue weighted by Gasteiger charge is -2.64. The van der Waals surface area contributed by atoms with Crippen LogP contribution >= 0.6 is 0 Å². The van der Waals surface area contributed by atoms with Crippen LogP contribution in [0.2, 0.25) is 0 Å². The molecule has 2 aromatic rings. The van der Waals surface area contributed by atoms with Gasteiger partial charge in [-0.25, -0.2) is 0 Å². The Morgan fingerprint density at radius 3 is 2.50 bits per heavy atom. The molecule has 5 aliphatic heterocycles. The summed E-state index contributed by atoms with van der Waals surface area (Å²) in [5.74, 6) is -0.789. The van der Waals surface area contributed by atoms with Gasteiger partial charge in [0.2, 0.25) is 0 Å². The number of likely N-dealkylation sites (tertiary alicyclic amines) is 1. The number of carbonyl (C=O) groups is 2. The number of ketones is 1. The number of aromatic nitrogens is 1. The maximum Gasteiger partial charge on any atom is 0.318 e. The Bertz CT molecular complexity index is 2140. The minimum Gasteiger partial charge on any atom is -0.491 e. The number of likely N-dealkylation sites (N-methyl/N-ethyl adjacent to an activating group) is 1. The molecule has 1 saturated carbocycles. The van der Waals surface area contributed by atoms with Gasteiger partial charge in [0.25, 0.3) is 0 Å². The van der Waals surface area contributed by atoms with Gasteiger partial charge >= 0.3 is 5.97 Å². The number of hydrogen-bond donors (Lipinski definition) is 3. The van der Waals surface area contributed by atoms with Gasteiger partial charge in [0, 0.05) is 85.4 Å². The summed E-state index contributed by atoms with van der Waals surface area (Å²) < 4.78 is 19.2. The zero-order valence-corrected chi connectivity index (χ0v) is 35.3. The minimum absolute atomic E-state index is 0.0238. The van der Waals surface area contributed by atoms with Crippen molar-refractivity contribution in [2.24, 2.45) is 22.7 Å². The number of fused-ring (bicyclic) bond motifs is 6. The maximum absolute atomic E-state index is 15.4. The molecule has 1 aromatic heterocycles. The molecule has 2 bridgehead atoms. The van der Waals surface area contributed by atoms with E-state index in [4.69, 9.17) is 14.2 Å². The smallest absolute Gasteiger partial charge is 0.318 e. The fourth-order valence-electron chi connectivity index (χ4n) is 14.0. The molecule has 2 aliphatic carbocycles. The number of ether oxygens (including phenoxy) is 3. The van der Waals surface area contributed by atoms with E-state index >= 15 is 4.79 Å². The number of Topliss-reactive ketones (excluding diaryl/α,β-unsaturated/α-hetero) is 1. The highest BCUT2D eigenvalue weighted by Gasteiger charge is 2.80. The van der Waals surface area contributed by atoms with E-state index in [2.05, 4.69) is 82.6 Å². The van der Waals surface area contributed by atoms with Crippen molar-refractivity contribution < 1.29 is 34.0 Å². The number of aromatic amines is 1. The second kappa shape index (κ2) is 13.6. The molecule has 0 radical (unpaired) electrons. The van der Waals surface area contributed by atoms with E-state index in [0.29, 0.717) is 50.8 Å². The number of aliphatic hydroxyl groups is 2. The molecule has 3 N–H and O–H groups in total. The number of para-hydroxylation sites is 1. The van der Waals surface area contributed by atoms with Crippen LogP contribution in [-0.4, -0.2) is 131 Å². The first kappa shape index (κ1) is 39.7. The van der Waals surface area contributed by atoms with E-state index in [1.54, 1.807) is 14.0 Å². The van der Waals surface area contributed by atoms with E-state index in [0.717, 1.165) is 59.6 Å². The van der Waals surface area contributed by atoms with Crippen molar-refractivity contribution >= 4 is 22.7 Å². The average Bonchev–Trinajstić information content (AvgIpc) is 3.87. The second-order valence-electron chi connectivity index (χ2n) is 18.8. The average molecular weight is 795 g/mol. The monoisotopic (exact) mass is 794 g/mol. The van der Waals surface area contributed by atoms with E-state index in [-0.39, 0.29) is 23.7 Å².